The second kappa shape index (κ2) is 6.42. The number of rotatable bonds is 5. The van der Waals surface area contributed by atoms with Crippen molar-refractivity contribution in [3.63, 3.8) is 0 Å². The summed E-state index contributed by atoms with van der Waals surface area (Å²) in [7, 11) is 0. The van der Waals surface area contributed by atoms with Crippen molar-refractivity contribution >= 4 is 11.9 Å². The Bertz CT molecular complexity index is 181. The first-order chi connectivity index (χ1) is 6.11. The fourth-order valence-corrected chi connectivity index (χ4v) is 0.732. The summed E-state index contributed by atoms with van der Waals surface area (Å²) in [5.74, 6) is -1.06. The summed E-state index contributed by atoms with van der Waals surface area (Å²) < 4.78 is 9.23. The minimum absolute atomic E-state index is 0.132. The third-order valence-electron chi connectivity index (χ3n) is 1.28. The van der Waals surface area contributed by atoms with Crippen LogP contribution >= 0.6 is 0 Å². The van der Waals surface area contributed by atoms with E-state index >= 15 is 0 Å². The van der Waals surface area contributed by atoms with Gasteiger partial charge in [0.25, 0.3) is 0 Å². The molecule has 0 bridgehead atoms. The molecule has 76 valence electrons. The van der Waals surface area contributed by atoms with E-state index in [1.807, 2.05) is 0 Å². The largest absolute Gasteiger partial charge is 0.466 e. The second-order valence-corrected chi connectivity index (χ2v) is 2.37. The highest BCUT2D eigenvalue weighted by atomic mass is 16.5. The van der Waals surface area contributed by atoms with Gasteiger partial charge in [-0.15, -0.1) is 0 Å². The minimum atomic E-state index is -0.918. The van der Waals surface area contributed by atoms with E-state index in [-0.39, 0.29) is 19.6 Å². The topological polar surface area (TPSA) is 78.6 Å². The fraction of sp³-hybridized carbons (Fsp3) is 0.750. The van der Waals surface area contributed by atoms with Gasteiger partial charge in [0.1, 0.15) is 6.04 Å². The highest BCUT2D eigenvalue weighted by molar-refractivity contribution is 5.82. The zero-order valence-corrected chi connectivity index (χ0v) is 7.91. The van der Waals surface area contributed by atoms with Crippen molar-refractivity contribution in [2.45, 2.75) is 26.3 Å². The van der Waals surface area contributed by atoms with Crippen LogP contribution in [0.5, 0.6) is 0 Å². The van der Waals surface area contributed by atoms with E-state index in [1.165, 1.54) is 0 Å². The lowest BCUT2D eigenvalue weighted by molar-refractivity contribution is -0.151. The van der Waals surface area contributed by atoms with Gasteiger partial charge in [0.15, 0.2) is 0 Å². The Morgan fingerprint density at radius 2 is 1.77 bits per heavy atom. The zero-order chi connectivity index (χ0) is 10.3. The van der Waals surface area contributed by atoms with Crippen LogP contribution in [0, 0.1) is 0 Å². The van der Waals surface area contributed by atoms with E-state index in [0.29, 0.717) is 0 Å². The summed E-state index contributed by atoms with van der Waals surface area (Å²) in [6, 6.07) is -0.918. The number of esters is 2. The van der Waals surface area contributed by atoms with Crippen LogP contribution in [-0.2, 0) is 19.1 Å². The maximum Gasteiger partial charge on any atom is 0.323 e. The smallest absolute Gasteiger partial charge is 0.323 e. The summed E-state index contributed by atoms with van der Waals surface area (Å²) in [5, 5.41) is 0. The molecule has 13 heavy (non-hydrogen) atoms. The van der Waals surface area contributed by atoms with Crippen molar-refractivity contribution in [1.82, 2.24) is 0 Å². The lowest BCUT2D eigenvalue weighted by Gasteiger charge is -2.09. The normalized spacial score (nSPS) is 11.9. The van der Waals surface area contributed by atoms with Crippen molar-refractivity contribution in [2.24, 2.45) is 5.73 Å². The number of nitrogens with two attached hydrogens (primary N) is 1. The molecule has 0 saturated heterocycles. The predicted molar refractivity (Wildman–Crippen MR) is 45.9 cm³/mol. The van der Waals surface area contributed by atoms with Crippen LogP contribution in [0.15, 0.2) is 0 Å². The molecule has 0 aliphatic rings. The van der Waals surface area contributed by atoms with Gasteiger partial charge in [0.05, 0.1) is 19.6 Å². The summed E-state index contributed by atoms with van der Waals surface area (Å²) >= 11 is 0. The molecule has 0 aliphatic heterocycles. The highest BCUT2D eigenvalue weighted by Crippen LogP contribution is 1.95. The molecule has 0 amide bonds. The average molecular weight is 189 g/mol. The quantitative estimate of drug-likeness (QED) is 0.607. The van der Waals surface area contributed by atoms with Gasteiger partial charge in [0.2, 0.25) is 0 Å². The molecule has 2 N–H and O–H groups in total. The Hall–Kier alpha value is -1.10. The number of hydrogen-bond donors (Lipinski definition) is 1. The molecule has 0 heterocycles. The fourth-order valence-electron chi connectivity index (χ4n) is 0.732. The Morgan fingerprint density at radius 3 is 2.23 bits per heavy atom. The number of ether oxygens (including phenoxy) is 2. The van der Waals surface area contributed by atoms with Gasteiger partial charge in [-0.05, 0) is 13.8 Å². The van der Waals surface area contributed by atoms with Crippen LogP contribution in [0.1, 0.15) is 20.3 Å². The molecule has 0 spiro atoms. The maximum absolute atomic E-state index is 10.9. The van der Waals surface area contributed by atoms with Gasteiger partial charge in [-0.25, -0.2) is 0 Å². The van der Waals surface area contributed by atoms with Crippen LogP contribution in [0.25, 0.3) is 0 Å². The molecule has 0 unspecified atom stereocenters. The van der Waals surface area contributed by atoms with Crippen LogP contribution in [0.4, 0.5) is 0 Å². The van der Waals surface area contributed by atoms with Gasteiger partial charge in [-0.3, -0.25) is 9.59 Å². The van der Waals surface area contributed by atoms with Crippen LogP contribution in [0.3, 0.4) is 0 Å². The molecule has 0 rings (SSSR count). The summed E-state index contributed by atoms with van der Waals surface area (Å²) in [4.78, 5) is 21.8. The van der Waals surface area contributed by atoms with E-state index in [9.17, 15) is 9.59 Å². The van der Waals surface area contributed by atoms with E-state index in [4.69, 9.17) is 5.73 Å². The third-order valence-corrected chi connectivity index (χ3v) is 1.28. The molecule has 5 heteroatoms. The molecule has 0 aromatic heterocycles. The molecule has 0 aliphatic carbocycles. The van der Waals surface area contributed by atoms with Crippen molar-refractivity contribution in [2.75, 3.05) is 13.2 Å². The van der Waals surface area contributed by atoms with Crippen molar-refractivity contribution < 1.29 is 19.1 Å². The van der Waals surface area contributed by atoms with Crippen LogP contribution in [0.2, 0.25) is 0 Å². The Labute approximate surface area is 77.2 Å². The van der Waals surface area contributed by atoms with Crippen molar-refractivity contribution in [3.05, 3.63) is 0 Å². The Kier molecular flexibility index (Phi) is 5.88. The number of carbonyl (C=O) groups is 2. The first kappa shape index (κ1) is 11.9. The predicted octanol–water partition coefficient (Wildman–Crippen LogP) is -0.170. The first-order valence-corrected chi connectivity index (χ1v) is 4.19. The summed E-state index contributed by atoms with van der Waals surface area (Å²) in [6.07, 6.45) is -0.132. The lowest BCUT2D eigenvalue weighted by atomic mass is 10.2. The molecule has 5 nitrogen and oxygen atoms in total. The molecular formula is C8H15NO4. The van der Waals surface area contributed by atoms with Gasteiger partial charge in [-0.2, -0.15) is 0 Å². The Morgan fingerprint density at radius 1 is 1.23 bits per heavy atom. The molecule has 0 saturated carbocycles. The van der Waals surface area contributed by atoms with Crippen LogP contribution < -0.4 is 5.73 Å². The number of hydrogen-bond acceptors (Lipinski definition) is 5. The second-order valence-electron chi connectivity index (χ2n) is 2.37. The molecule has 1 atom stereocenters. The first-order valence-electron chi connectivity index (χ1n) is 4.19. The SMILES string of the molecule is CCOC(=O)C[C@@H](N)C(=O)OCC. The average Bonchev–Trinajstić information content (AvgIpc) is 2.05. The molecule has 0 aromatic rings. The van der Waals surface area contributed by atoms with Crippen molar-refractivity contribution in [3.8, 4) is 0 Å². The summed E-state index contributed by atoms with van der Waals surface area (Å²) in [6.45, 7) is 3.91. The van der Waals surface area contributed by atoms with E-state index < -0.39 is 18.0 Å². The Balaban J connectivity index is 3.78. The third kappa shape index (κ3) is 5.19. The monoisotopic (exact) mass is 189 g/mol. The molecular weight excluding hydrogens is 174 g/mol. The molecule has 0 radical (unpaired) electrons. The van der Waals surface area contributed by atoms with Gasteiger partial charge >= 0.3 is 11.9 Å². The van der Waals surface area contributed by atoms with E-state index in [2.05, 4.69) is 9.47 Å². The minimum Gasteiger partial charge on any atom is -0.466 e. The van der Waals surface area contributed by atoms with Crippen LogP contribution in [-0.4, -0.2) is 31.2 Å². The standard InChI is InChI=1S/C8H15NO4/c1-3-12-7(10)5-6(9)8(11)13-4-2/h6H,3-5,9H2,1-2H3/t6-/m1/s1. The summed E-state index contributed by atoms with van der Waals surface area (Å²) in [5.41, 5.74) is 5.36. The van der Waals surface area contributed by atoms with Crippen molar-refractivity contribution in [1.29, 1.82) is 0 Å². The molecule has 0 aromatic carbocycles. The zero-order valence-electron chi connectivity index (χ0n) is 7.91. The van der Waals surface area contributed by atoms with Gasteiger partial charge in [0, 0.05) is 0 Å². The van der Waals surface area contributed by atoms with E-state index in [1.54, 1.807) is 13.8 Å². The maximum atomic E-state index is 10.9. The molecule has 0 fully saturated rings. The van der Waals surface area contributed by atoms with Gasteiger partial charge < -0.3 is 15.2 Å². The number of carbonyl (C=O) groups excluding carboxylic acids is 2. The van der Waals surface area contributed by atoms with E-state index in [0.717, 1.165) is 0 Å². The highest BCUT2D eigenvalue weighted by Gasteiger charge is 2.18. The lowest BCUT2D eigenvalue weighted by Crippen LogP contribution is -2.35. The van der Waals surface area contributed by atoms with Gasteiger partial charge in [-0.1, -0.05) is 0 Å².